The fraction of sp³-hybridized carbons (Fsp3) is 0.409. The van der Waals surface area contributed by atoms with Gasteiger partial charge in [0.15, 0.2) is 0 Å². The molecule has 0 unspecified atom stereocenters. The van der Waals surface area contributed by atoms with Crippen LogP contribution in [0.2, 0.25) is 0 Å². The molecule has 1 fully saturated rings. The molecule has 156 valence electrons. The lowest BCUT2D eigenvalue weighted by Crippen LogP contribution is -2.46. The lowest BCUT2D eigenvalue weighted by Gasteiger charge is -2.31. The van der Waals surface area contributed by atoms with Gasteiger partial charge >= 0.3 is 0 Å². The fourth-order valence-corrected chi connectivity index (χ4v) is 4.89. The molecule has 1 amide bonds. The van der Waals surface area contributed by atoms with Gasteiger partial charge in [-0.25, -0.2) is 8.42 Å². The van der Waals surface area contributed by atoms with Crippen LogP contribution >= 0.6 is 0 Å². The Kier molecular flexibility index (Phi) is 6.59. The van der Waals surface area contributed by atoms with Gasteiger partial charge in [0.1, 0.15) is 5.75 Å². The van der Waals surface area contributed by atoms with Crippen molar-refractivity contribution in [1.29, 1.82) is 0 Å². The van der Waals surface area contributed by atoms with E-state index in [0.29, 0.717) is 43.9 Å². The van der Waals surface area contributed by atoms with Crippen LogP contribution in [0.1, 0.15) is 41.3 Å². The zero-order valence-electron chi connectivity index (χ0n) is 17.1. The highest BCUT2D eigenvalue weighted by molar-refractivity contribution is 7.89. The van der Waals surface area contributed by atoms with Crippen LogP contribution in [0.5, 0.6) is 5.75 Å². The summed E-state index contributed by atoms with van der Waals surface area (Å²) in [4.78, 5) is 12.8. The lowest BCUT2D eigenvalue weighted by molar-refractivity contribution is 0.0923. The summed E-state index contributed by atoms with van der Waals surface area (Å²) >= 11 is 0. The molecular weight excluding hydrogens is 388 g/mol. The molecule has 3 rings (SSSR count). The van der Waals surface area contributed by atoms with Crippen molar-refractivity contribution in [1.82, 2.24) is 9.62 Å². The molecule has 0 radical (unpaired) electrons. The topological polar surface area (TPSA) is 75.7 Å². The third-order valence-corrected chi connectivity index (χ3v) is 7.24. The van der Waals surface area contributed by atoms with Crippen molar-refractivity contribution in [2.24, 2.45) is 0 Å². The first kappa shape index (κ1) is 21.3. The Hall–Kier alpha value is -2.38. The summed E-state index contributed by atoms with van der Waals surface area (Å²) < 4.78 is 32.6. The quantitative estimate of drug-likeness (QED) is 0.784. The van der Waals surface area contributed by atoms with Crippen LogP contribution in [0.25, 0.3) is 0 Å². The Labute approximate surface area is 172 Å². The molecule has 0 aromatic heterocycles. The highest BCUT2D eigenvalue weighted by Crippen LogP contribution is 2.23. The van der Waals surface area contributed by atoms with Gasteiger partial charge in [-0.2, -0.15) is 4.31 Å². The number of hydrogen-bond acceptors (Lipinski definition) is 4. The molecule has 0 bridgehead atoms. The minimum Gasteiger partial charge on any atom is -0.494 e. The van der Waals surface area contributed by atoms with Crippen LogP contribution in [-0.4, -0.2) is 44.4 Å². The van der Waals surface area contributed by atoms with Crippen molar-refractivity contribution < 1.29 is 17.9 Å². The third-order valence-electron chi connectivity index (χ3n) is 5.33. The number of nitrogens with zero attached hydrogens (tertiary/aromatic N) is 1. The fourth-order valence-electron chi connectivity index (χ4n) is 3.42. The van der Waals surface area contributed by atoms with E-state index in [2.05, 4.69) is 5.32 Å². The van der Waals surface area contributed by atoms with Crippen molar-refractivity contribution in [3.8, 4) is 5.75 Å². The molecule has 0 aliphatic carbocycles. The number of piperidine rings is 1. The van der Waals surface area contributed by atoms with E-state index in [9.17, 15) is 13.2 Å². The molecule has 0 saturated carbocycles. The maximum Gasteiger partial charge on any atom is 0.251 e. The van der Waals surface area contributed by atoms with Crippen molar-refractivity contribution in [2.75, 3.05) is 19.7 Å². The molecule has 6 nitrogen and oxygen atoms in total. The van der Waals surface area contributed by atoms with E-state index in [1.54, 1.807) is 24.3 Å². The molecule has 1 saturated heterocycles. The van der Waals surface area contributed by atoms with Crippen LogP contribution in [0.15, 0.2) is 47.4 Å². The van der Waals surface area contributed by atoms with E-state index >= 15 is 0 Å². The summed E-state index contributed by atoms with van der Waals surface area (Å²) in [5.41, 5.74) is 2.86. The van der Waals surface area contributed by atoms with Crippen LogP contribution in [0.4, 0.5) is 0 Å². The number of aryl methyl sites for hydroxylation is 2. The van der Waals surface area contributed by atoms with Gasteiger partial charge in [-0.3, -0.25) is 4.79 Å². The number of hydrogen-bond donors (Lipinski definition) is 1. The largest absolute Gasteiger partial charge is 0.494 e. The molecule has 0 spiro atoms. The van der Waals surface area contributed by atoms with Crippen molar-refractivity contribution in [2.45, 2.75) is 44.6 Å². The van der Waals surface area contributed by atoms with E-state index in [1.165, 1.54) is 4.31 Å². The molecule has 0 atom stereocenters. The summed E-state index contributed by atoms with van der Waals surface area (Å²) in [7, 11) is -3.54. The number of benzene rings is 2. The predicted molar refractivity (Wildman–Crippen MR) is 113 cm³/mol. The average Bonchev–Trinajstić information content (AvgIpc) is 2.71. The summed E-state index contributed by atoms with van der Waals surface area (Å²) in [5, 5.41) is 3.04. The van der Waals surface area contributed by atoms with Crippen molar-refractivity contribution in [3.05, 3.63) is 59.2 Å². The standard InChI is InChI=1S/C22H28N2O4S/c1-4-28-20-7-9-21(10-8-20)29(26,27)24-13-11-19(12-14-24)23-22(25)18-6-5-16(2)17(3)15-18/h5-10,15,19H,4,11-14H2,1-3H3,(H,23,25). The first-order valence-electron chi connectivity index (χ1n) is 9.92. The van der Waals surface area contributed by atoms with Gasteiger partial charge in [0.2, 0.25) is 10.0 Å². The monoisotopic (exact) mass is 416 g/mol. The molecule has 1 N–H and O–H groups in total. The second-order valence-electron chi connectivity index (χ2n) is 7.36. The smallest absolute Gasteiger partial charge is 0.251 e. The molecule has 1 aliphatic heterocycles. The Bertz CT molecular complexity index is 963. The minimum absolute atomic E-state index is 0.0316. The number of nitrogens with one attached hydrogen (secondary N) is 1. The van der Waals surface area contributed by atoms with E-state index in [4.69, 9.17) is 4.74 Å². The minimum atomic E-state index is -3.54. The van der Waals surface area contributed by atoms with Gasteiger partial charge in [-0.05, 0) is 81.1 Å². The third kappa shape index (κ3) is 4.97. The van der Waals surface area contributed by atoms with Gasteiger partial charge in [0.05, 0.1) is 11.5 Å². The Morgan fingerprint density at radius 1 is 1.07 bits per heavy atom. The zero-order chi connectivity index (χ0) is 21.0. The van der Waals surface area contributed by atoms with Gasteiger partial charge in [0.25, 0.3) is 5.91 Å². The number of carbonyl (C=O) groups excluding carboxylic acids is 1. The maximum atomic E-state index is 12.9. The second kappa shape index (κ2) is 8.97. The SMILES string of the molecule is CCOc1ccc(S(=O)(=O)N2CCC(NC(=O)c3ccc(C)c(C)c3)CC2)cc1. The molecule has 2 aromatic carbocycles. The highest BCUT2D eigenvalue weighted by atomic mass is 32.2. The number of sulfonamides is 1. The first-order chi connectivity index (χ1) is 13.8. The molecule has 2 aromatic rings. The van der Waals surface area contributed by atoms with Crippen LogP contribution in [0, 0.1) is 13.8 Å². The molecule has 7 heteroatoms. The summed E-state index contributed by atoms with van der Waals surface area (Å²) in [6.45, 7) is 7.18. The summed E-state index contributed by atoms with van der Waals surface area (Å²) in [5.74, 6) is 0.542. The van der Waals surface area contributed by atoms with Crippen molar-refractivity contribution >= 4 is 15.9 Å². The normalized spacial score (nSPS) is 15.8. The van der Waals surface area contributed by atoms with E-state index in [-0.39, 0.29) is 16.8 Å². The molecular formula is C22H28N2O4S. The average molecular weight is 417 g/mol. The maximum absolute atomic E-state index is 12.9. The Balaban J connectivity index is 1.59. The van der Waals surface area contributed by atoms with Gasteiger partial charge < -0.3 is 10.1 Å². The highest BCUT2D eigenvalue weighted by Gasteiger charge is 2.30. The van der Waals surface area contributed by atoms with E-state index in [0.717, 1.165) is 11.1 Å². The number of carbonyl (C=O) groups is 1. The Morgan fingerprint density at radius 3 is 2.31 bits per heavy atom. The molecule has 1 aliphatic rings. The van der Waals surface area contributed by atoms with Crippen LogP contribution in [0.3, 0.4) is 0 Å². The molecule has 1 heterocycles. The van der Waals surface area contributed by atoms with Gasteiger partial charge in [-0.15, -0.1) is 0 Å². The van der Waals surface area contributed by atoms with E-state index in [1.807, 2.05) is 39.0 Å². The first-order valence-corrected chi connectivity index (χ1v) is 11.4. The summed E-state index contributed by atoms with van der Waals surface area (Å²) in [6, 6.07) is 12.1. The number of ether oxygens (including phenoxy) is 1. The number of rotatable bonds is 6. The van der Waals surface area contributed by atoms with Gasteiger partial charge in [-0.1, -0.05) is 6.07 Å². The zero-order valence-corrected chi connectivity index (χ0v) is 18.0. The van der Waals surface area contributed by atoms with Crippen molar-refractivity contribution in [3.63, 3.8) is 0 Å². The van der Waals surface area contributed by atoms with E-state index < -0.39 is 10.0 Å². The van der Waals surface area contributed by atoms with Gasteiger partial charge in [0, 0.05) is 24.7 Å². The van der Waals surface area contributed by atoms with Crippen LogP contribution in [-0.2, 0) is 10.0 Å². The van der Waals surface area contributed by atoms with Crippen LogP contribution < -0.4 is 10.1 Å². The lowest BCUT2D eigenvalue weighted by atomic mass is 10.0. The Morgan fingerprint density at radius 2 is 1.72 bits per heavy atom. The summed E-state index contributed by atoms with van der Waals surface area (Å²) in [6.07, 6.45) is 1.18. The number of amides is 1. The predicted octanol–water partition coefficient (Wildman–Crippen LogP) is 3.29. The second-order valence-corrected chi connectivity index (χ2v) is 9.29. The molecule has 29 heavy (non-hydrogen) atoms.